The first-order chi connectivity index (χ1) is 11.6. The van der Waals surface area contributed by atoms with Crippen LogP contribution in [0.3, 0.4) is 0 Å². The molecule has 2 aromatic rings. The van der Waals surface area contributed by atoms with E-state index in [9.17, 15) is 9.59 Å². The summed E-state index contributed by atoms with van der Waals surface area (Å²) in [6.45, 7) is 6.19. The molecule has 0 aliphatic heterocycles. The summed E-state index contributed by atoms with van der Waals surface area (Å²) in [7, 11) is 0. The van der Waals surface area contributed by atoms with E-state index in [1.165, 1.54) is 6.33 Å². The fraction of sp³-hybridized carbons (Fsp3) is 0.176. The fourth-order valence-electron chi connectivity index (χ4n) is 1.85. The molecule has 0 radical (unpaired) electrons. The van der Waals surface area contributed by atoms with Crippen molar-refractivity contribution >= 4 is 23.4 Å². The molecule has 2 N–H and O–H groups in total. The van der Waals surface area contributed by atoms with Gasteiger partial charge in [0.2, 0.25) is 0 Å². The third-order valence-electron chi connectivity index (χ3n) is 2.98. The third kappa shape index (κ3) is 4.64. The van der Waals surface area contributed by atoms with Crippen molar-refractivity contribution in [3.8, 4) is 0 Å². The molecule has 0 atom stereocenters. The number of rotatable bonds is 7. The third-order valence-corrected chi connectivity index (χ3v) is 2.98. The number of benzene rings is 1. The van der Waals surface area contributed by atoms with E-state index in [1.807, 2.05) is 0 Å². The second kappa shape index (κ2) is 8.42. The van der Waals surface area contributed by atoms with Crippen molar-refractivity contribution in [2.24, 2.45) is 0 Å². The van der Waals surface area contributed by atoms with Crippen molar-refractivity contribution in [3.05, 3.63) is 60.6 Å². The van der Waals surface area contributed by atoms with E-state index in [-0.39, 0.29) is 11.6 Å². The number of esters is 1. The average molecular weight is 326 g/mol. The van der Waals surface area contributed by atoms with Gasteiger partial charge in [-0.25, -0.2) is 14.8 Å². The van der Waals surface area contributed by atoms with Gasteiger partial charge < -0.3 is 15.4 Å². The van der Waals surface area contributed by atoms with Crippen LogP contribution in [0.25, 0.3) is 0 Å². The van der Waals surface area contributed by atoms with Crippen molar-refractivity contribution in [1.82, 2.24) is 9.97 Å². The Morgan fingerprint density at radius 3 is 2.67 bits per heavy atom. The van der Waals surface area contributed by atoms with Gasteiger partial charge in [-0.15, -0.1) is 6.58 Å². The summed E-state index contributed by atoms with van der Waals surface area (Å²) in [6.07, 6.45) is 3.00. The van der Waals surface area contributed by atoms with E-state index in [0.717, 1.165) is 0 Å². The van der Waals surface area contributed by atoms with Crippen molar-refractivity contribution in [1.29, 1.82) is 0 Å². The Labute approximate surface area is 139 Å². The van der Waals surface area contributed by atoms with Crippen LogP contribution in [0.15, 0.2) is 49.3 Å². The van der Waals surface area contributed by atoms with Gasteiger partial charge in [-0.05, 0) is 31.2 Å². The molecule has 1 heterocycles. The maximum Gasteiger partial charge on any atom is 0.338 e. The summed E-state index contributed by atoms with van der Waals surface area (Å²) in [5, 5.41) is 5.70. The maximum absolute atomic E-state index is 12.2. The van der Waals surface area contributed by atoms with Crippen LogP contribution < -0.4 is 10.6 Å². The highest BCUT2D eigenvalue weighted by atomic mass is 16.5. The summed E-state index contributed by atoms with van der Waals surface area (Å²) >= 11 is 0. The Balaban J connectivity index is 2.04. The van der Waals surface area contributed by atoms with Gasteiger partial charge in [-0.3, -0.25) is 4.79 Å². The van der Waals surface area contributed by atoms with Gasteiger partial charge >= 0.3 is 5.97 Å². The zero-order valence-electron chi connectivity index (χ0n) is 13.3. The molecule has 0 unspecified atom stereocenters. The second-order valence-electron chi connectivity index (χ2n) is 4.71. The number of hydrogen-bond donors (Lipinski definition) is 2. The molecule has 2 rings (SSSR count). The van der Waals surface area contributed by atoms with Crippen LogP contribution in [0.1, 0.15) is 27.8 Å². The molecule has 7 nitrogen and oxygen atoms in total. The topological polar surface area (TPSA) is 93.2 Å². The Morgan fingerprint density at radius 1 is 1.25 bits per heavy atom. The van der Waals surface area contributed by atoms with Crippen LogP contribution >= 0.6 is 0 Å². The first kappa shape index (κ1) is 17.1. The number of aromatic nitrogens is 2. The quantitative estimate of drug-likeness (QED) is 0.600. The zero-order valence-corrected chi connectivity index (χ0v) is 13.3. The normalized spacial score (nSPS) is 9.88. The molecule has 0 fully saturated rings. The van der Waals surface area contributed by atoms with Crippen LogP contribution in [0.4, 0.5) is 11.5 Å². The van der Waals surface area contributed by atoms with E-state index in [1.54, 1.807) is 43.3 Å². The smallest absolute Gasteiger partial charge is 0.338 e. The number of anilines is 2. The molecule has 0 saturated heterocycles. The summed E-state index contributed by atoms with van der Waals surface area (Å²) < 4.78 is 4.91. The number of carbonyl (C=O) groups is 2. The predicted molar refractivity (Wildman–Crippen MR) is 91.1 cm³/mol. The van der Waals surface area contributed by atoms with Crippen LogP contribution in [0, 0.1) is 0 Å². The molecule has 7 heteroatoms. The van der Waals surface area contributed by atoms with E-state index in [0.29, 0.717) is 30.2 Å². The molecule has 1 amide bonds. The lowest BCUT2D eigenvalue weighted by Crippen LogP contribution is -2.15. The minimum absolute atomic E-state index is 0.228. The molecular weight excluding hydrogens is 308 g/mol. The number of amides is 1. The summed E-state index contributed by atoms with van der Waals surface area (Å²) in [5.41, 5.74) is 1.20. The van der Waals surface area contributed by atoms with E-state index >= 15 is 0 Å². The van der Waals surface area contributed by atoms with Gasteiger partial charge in [0.15, 0.2) is 0 Å². The molecule has 24 heavy (non-hydrogen) atoms. The van der Waals surface area contributed by atoms with Gasteiger partial charge in [0.25, 0.3) is 5.91 Å². The lowest BCUT2D eigenvalue weighted by atomic mass is 10.2. The molecule has 0 aliphatic rings. The van der Waals surface area contributed by atoms with Crippen molar-refractivity contribution in [2.45, 2.75) is 6.92 Å². The zero-order chi connectivity index (χ0) is 17.4. The number of hydrogen-bond acceptors (Lipinski definition) is 6. The summed E-state index contributed by atoms with van der Waals surface area (Å²) in [6, 6.07) is 7.98. The van der Waals surface area contributed by atoms with Crippen LogP contribution in [-0.2, 0) is 4.74 Å². The molecule has 1 aromatic carbocycles. The number of nitrogens with zero attached hydrogens (tertiary/aromatic N) is 2. The van der Waals surface area contributed by atoms with Crippen molar-refractivity contribution in [2.75, 3.05) is 23.8 Å². The lowest BCUT2D eigenvalue weighted by Gasteiger charge is -2.07. The first-order valence-corrected chi connectivity index (χ1v) is 7.39. The highest BCUT2D eigenvalue weighted by Gasteiger charge is 2.10. The van der Waals surface area contributed by atoms with E-state index in [4.69, 9.17) is 4.74 Å². The molecule has 124 valence electrons. The van der Waals surface area contributed by atoms with Gasteiger partial charge in [-0.1, -0.05) is 6.08 Å². The Bertz CT molecular complexity index is 729. The second-order valence-corrected chi connectivity index (χ2v) is 4.71. The minimum Gasteiger partial charge on any atom is -0.462 e. The Morgan fingerprint density at radius 2 is 2.00 bits per heavy atom. The van der Waals surface area contributed by atoms with Crippen molar-refractivity contribution in [3.63, 3.8) is 0 Å². The summed E-state index contributed by atoms with van der Waals surface area (Å²) in [4.78, 5) is 31.8. The molecular formula is C17H18N4O3. The fourth-order valence-corrected chi connectivity index (χ4v) is 1.85. The monoisotopic (exact) mass is 326 g/mol. The number of nitrogens with one attached hydrogen (secondary N) is 2. The van der Waals surface area contributed by atoms with Crippen molar-refractivity contribution < 1.29 is 14.3 Å². The molecule has 0 aliphatic carbocycles. The van der Waals surface area contributed by atoms with E-state index < -0.39 is 5.97 Å². The first-order valence-electron chi connectivity index (χ1n) is 7.39. The maximum atomic E-state index is 12.2. The van der Waals surface area contributed by atoms with Gasteiger partial charge in [-0.2, -0.15) is 0 Å². The minimum atomic E-state index is -0.399. The SMILES string of the molecule is C=CCNc1cc(C(=O)Nc2ccc(C(=O)OCC)cc2)ncn1. The predicted octanol–water partition coefficient (Wildman–Crippen LogP) is 2.50. The van der Waals surface area contributed by atoms with Gasteiger partial charge in [0, 0.05) is 18.3 Å². The molecule has 1 aromatic heterocycles. The standard InChI is InChI=1S/C17H18N4O3/c1-3-9-18-15-10-14(19-11-20-15)16(22)21-13-7-5-12(6-8-13)17(23)24-4-2/h3,5-8,10-11H,1,4,9H2,2H3,(H,21,22)(H,18,19,20). The van der Waals surface area contributed by atoms with Gasteiger partial charge in [0.1, 0.15) is 17.8 Å². The van der Waals surface area contributed by atoms with Crippen LogP contribution in [0.2, 0.25) is 0 Å². The highest BCUT2D eigenvalue weighted by molar-refractivity contribution is 6.03. The largest absolute Gasteiger partial charge is 0.462 e. The Hall–Kier alpha value is -3.22. The molecule has 0 spiro atoms. The highest BCUT2D eigenvalue weighted by Crippen LogP contribution is 2.12. The van der Waals surface area contributed by atoms with E-state index in [2.05, 4.69) is 27.2 Å². The van der Waals surface area contributed by atoms with Crippen LogP contribution in [-0.4, -0.2) is 35.0 Å². The summed E-state index contributed by atoms with van der Waals surface area (Å²) in [5.74, 6) is -0.236. The van der Waals surface area contributed by atoms with Crippen LogP contribution in [0.5, 0.6) is 0 Å². The lowest BCUT2D eigenvalue weighted by molar-refractivity contribution is 0.0526. The Kier molecular flexibility index (Phi) is 6.01. The average Bonchev–Trinajstić information content (AvgIpc) is 2.61. The molecule has 0 saturated carbocycles. The molecule has 0 bridgehead atoms. The number of carbonyl (C=O) groups excluding carboxylic acids is 2. The van der Waals surface area contributed by atoms with Gasteiger partial charge in [0.05, 0.1) is 12.2 Å². The number of ether oxygens (including phenoxy) is 1.